The van der Waals surface area contributed by atoms with Gasteiger partial charge in [-0.15, -0.1) is 24.0 Å². The molecule has 0 radical (unpaired) electrons. The van der Waals surface area contributed by atoms with Crippen LogP contribution in [0.4, 0.5) is 13.2 Å². The zero-order valence-corrected chi connectivity index (χ0v) is 18.1. The van der Waals surface area contributed by atoms with Crippen molar-refractivity contribution in [1.82, 2.24) is 10.6 Å². The second kappa shape index (κ2) is 12.2. The molecule has 0 fully saturated rings. The average Bonchev–Trinajstić information content (AvgIpc) is 2.69. The molecule has 0 unspecified atom stereocenters. The van der Waals surface area contributed by atoms with E-state index < -0.39 is 12.8 Å². The van der Waals surface area contributed by atoms with Gasteiger partial charge in [0.2, 0.25) is 0 Å². The van der Waals surface area contributed by atoms with Crippen LogP contribution in [-0.4, -0.2) is 25.3 Å². The third kappa shape index (κ3) is 9.51. The molecule has 0 aliphatic heterocycles. The van der Waals surface area contributed by atoms with Crippen LogP contribution in [0.25, 0.3) is 0 Å². The Balaban J connectivity index is 0.00000420. The summed E-state index contributed by atoms with van der Waals surface area (Å²) in [5.74, 6) is 0.765. The quantitative estimate of drug-likeness (QED) is 0.325. The predicted molar refractivity (Wildman–Crippen MR) is 116 cm³/mol. The van der Waals surface area contributed by atoms with Crippen molar-refractivity contribution in [2.45, 2.75) is 26.2 Å². The highest BCUT2D eigenvalue weighted by atomic mass is 127. The van der Waals surface area contributed by atoms with E-state index >= 15 is 0 Å². The van der Waals surface area contributed by atoms with E-state index in [2.05, 4.69) is 21.7 Å². The number of guanidine groups is 1. The first-order chi connectivity index (χ1) is 13.4. The third-order valence-corrected chi connectivity index (χ3v) is 3.61. The van der Waals surface area contributed by atoms with Gasteiger partial charge in [-0.05, 0) is 42.3 Å². The molecule has 0 amide bonds. The van der Waals surface area contributed by atoms with Gasteiger partial charge in [0.15, 0.2) is 12.6 Å². The van der Waals surface area contributed by atoms with Crippen molar-refractivity contribution >= 4 is 29.9 Å². The van der Waals surface area contributed by atoms with Crippen LogP contribution in [0.2, 0.25) is 0 Å². The molecule has 0 bridgehead atoms. The van der Waals surface area contributed by atoms with Crippen molar-refractivity contribution in [3.05, 3.63) is 65.2 Å². The van der Waals surface area contributed by atoms with Gasteiger partial charge in [-0.1, -0.05) is 24.3 Å². The van der Waals surface area contributed by atoms with Crippen LogP contribution >= 0.6 is 24.0 Å². The van der Waals surface area contributed by atoms with Crippen LogP contribution in [0.3, 0.4) is 0 Å². The van der Waals surface area contributed by atoms with Gasteiger partial charge in [0.05, 0.1) is 18.2 Å². The minimum Gasteiger partial charge on any atom is -0.484 e. The fourth-order valence-corrected chi connectivity index (χ4v) is 2.31. The maximum absolute atomic E-state index is 12.2. The highest BCUT2D eigenvalue weighted by molar-refractivity contribution is 14.0. The molecule has 0 heterocycles. The number of hydrogen-bond donors (Lipinski definition) is 2. The lowest BCUT2D eigenvalue weighted by Gasteiger charge is -2.12. The summed E-state index contributed by atoms with van der Waals surface area (Å²) in [4.78, 5) is 4.48. The smallest absolute Gasteiger partial charge is 0.422 e. The zero-order valence-electron chi connectivity index (χ0n) is 15.8. The van der Waals surface area contributed by atoms with E-state index in [0.717, 1.165) is 11.1 Å². The highest BCUT2D eigenvalue weighted by Gasteiger charge is 2.28. The summed E-state index contributed by atoms with van der Waals surface area (Å²) in [6, 6.07) is 15.7. The van der Waals surface area contributed by atoms with Crippen molar-refractivity contribution in [2.75, 3.05) is 13.2 Å². The standard InChI is InChI=1S/C20H21F3N4O.HI/c1-2-25-19(27-13-17-5-3-4-16(10-17)11-24)26-12-15-6-8-18(9-7-15)28-14-20(21,22)23;/h3-10H,2,12-14H2,1H3,(H2,25,26,27);1H. The number of nitrogens with zero attached hydrogens (tertiary/aromatic N) is 2. The van der Waals surface area contributed by atoms with Crippen LogP contribution in [0.1, 0.15) is 23.6 Å². The van der Waals surface area contributed by atoms with E-state index in [1.165, 1.54) is 12.1 Å². The molecule has 0 saturated carbocycles. The SMILES string of the molecule is CCNC(=NCc1cccc(C#N)c1)NCc1ccc(OCC(F)(F)F)cc1.I. The summed E-state index contributed by atoms with van der Waals surface area (Å²) in [5.41, 5.74) is 2.37. The number of halogens is 4. The fourth-order valence-electron chi connectivity index (χ4n) is 2.31. The topological polar surface area (TPSA) is 69.4 Å². The number of ether oxygens (including phenoxy) is 1. The summed E-state index contributed by atoms with van der Waals surface area (Å²) >= 11 is 0. The van der Waals surface area contributed by atoms with E-state index in [0.29, 0.717) is 31.2 Å². The van der Waals surface area contributed by atoms with Crippen molar-refractivity contribution in [2.24, 2.45) is 4.99 Å². The van der Waals surface area contributed by atoms with Crippen LogP contribution < -0.4 is 15.4 Å². The van der Waals surface area contributed by atoms with Crippen LogP contribution in [-0.2, 0) is 13.1 Å². The number of benzene rings is 2. The summed E-state index contributed by atoms with van der Waals surface area (Å²) in [7, 11) is 0. The molecule has 0 aliphatic rings. The van der Waals surface area contributed by atoms with E-state index in [1.807, 2.05) is 19.1 Å². The predicted octanol–water partition coefficient (Wildman–Crippen LogP) is 4.37. The molecule has 5 nitrogen and oxygen atoms in total. The third-order valence-electron chi connectivity index (χ3n) is 3.61. The molecule has 9 heteroatoms. The maximum atomic E-state index is 12.2. The first-order valence-corrected chi connectivity index (χ1v) is 8.69. The molecular weight excluding hydrogens is 496 g/mol. The van der Waals surface area contributed by atoms with Gasteiger partial charge in [-0.25, -0.2) is 4.99 Å². The number of rotatable bonds is 7. The average molecular weight is 518 g/mol. The molecule has 2 rings (SSSR count). The first-order valence-electron chi connectivity index (χ1n) is 8.69. The minimum atomic E-state index is -4.36. The van der Waals surface area contributed by atoms with Crippen molar-refractivity contribution in [3.63, 3.8) is 0 Å². The lowest BCUT2D eigenvalue weighted by atomic mass is 10.1. The number of hydrogen-bond acceptors (Lipinski definition) is 3. The van der Waals surface area contributed by atoms with E-state index in [9.17, 15) is 13.2 Å². The van der Waals surface area contributed by atoms with Crippen molar-refractivity contribution < 1.29 is 17.9 Å². The molecule has 2 N–H and O–H groups in total. The monoisotopic (exact) mass is 518 g/mol. The van der Waals surface area contributed by atoms with Crippen molar-refractivity contribution in [3.8, 4) is 11.8 Å². The molecule has 2 aromatic rings. The second-order valence-corrected chi connectivity index (χ2v) is 5.91. The second-order valence-electron chi connectivity index (χ2n) is 5.91. The summed E-state index contributed by atoms with van der Waals surface area (Å²) < 4.78 is 41.2. The summed E-state index contributed by atoms with van der Waals surface area (Å²) in [6.07, 6.45) is -4.36. The number of nitrogens with one attached hydrogen (secondary N) is 2. The molecule has 0 aliphatic carbocycles. The van der Waals surface area contributed by atoms with E-state index in [1.54, 1.807) is 24.3 Å². The molecule has 2 aromatic carbocycles. The van der Waals surface area contributed by atoms with Gasteiger partial charge in [0.1, 0.15) is 5.75 Å². The Morgan fingerprint density at radius 2 is 1.83 bits per heavy atom. The van der Waals surface area contributed by atoms with Gasteiger partial charge >= 0.3 is 6.18 Å². The Hall–Kier alpha value is -2.48. The van der Waals surface area contributed by atoms with Crippen LogP contribution in [0.15, 0.2) is 53.5 Å². The lowest BCUT2D eigenvalue weighted by molar-refractivity contribution is -0.153. The Morgan fingerprint density at radius 1 is 1.10 bits per heavy atom. The van der Waals surface area contributed by atoms with Crippen LogP contribution in [0, 0.1) is 11.3 Å². The first kappa shape index (κ1) is 24.6. The molecule has 29 heavy (non-hydrogen) atoms. The molecule has 0 saturated heterocycles. The Labute approximate surface area is 185 Å². The summed E-state index contributed by atoms with van der Waals surface area (Å²) in [5, 5.41) is 15.2. The normalized spacial score (nSPS) is 11.2. The molecule has 0 aromatic heterocycles. The molecule has 0 spiro atoms. The van der Waals surface area contributed by atoms with Gasteiger partial charge in [-0.3, -0.25) is 0 Å². The number of aliphatic imine (C=N–C) groups is 1. The molecular formula is C20H22F3IN4O. The van der Waals surface area contributed by atoms with Gasteiger partial charge in [0.25, 0.3) is 0 Å². The molecule has 0 atom stereocenters. The zero-order chi connectivity index (χ0) is 20.4. The van der Waals surface area contributed by atoms with E-state index in [4.69, 9.17) is 10.00 Å². The summed E-state index contributed by atoms with van der Waals surface area (Å²) in [6.45, 7) is 2.17. The number of nitriles is 1. The Kier molecular flexibility index (Phi) is 10.3. The highest BCUT2D eigenvalue weighted by Crippen LogP contribution is 2.18. The van der Waals surface area contributed by atoms with Crippen LogP contribution in [0.5, 0.6) is 5.75 Å². The lowest BCUT2D eigenvalue weighted by Crippen LogP contribution is -2.36. The largest absolute Gasteiger partial charge is 0.484 e. The van der Waals surface area contributed by atoms with Crippen molar-refractivity contribution in [1.29, 1.82) is 5.26 Å². The molecule has 156 valence electrons. The Morgan fingerprint density at radius 3 is 2.45 bits per heavy atom. The maximum Gasteiger partial charge on any atom is 0.422 e. The van der Waals surface area contributed by atoms with Gasteiger partial charge < -0.3 is 15.4 Å². The van der Waals surface area contributed by atoms with Gasteiger partial charge in [0, 0.05) is 13.1 Å². The number of alkyl halides is 3. The van der Waals surface area contributed by atoms with Gasteiger partial charge in [-0.2, -0.15) is 18.4 Å². The minimum absolute atomic E-state index is 0. The Bertz CT molecular complexity index is 833. The van der Waals surface area contributed by atoms with E-state index in [-0.39, 0.29) is 29.7 Å². The fraction of sp³-hybridized carbons (Fsp3) is 0.300.